The molecule has 6 heterocycles. The van der Waals surface area contributed by atoms with E-state index in [2.05, 4.69) is 407 Å². The van der Waals surface area contributed by atoms with Crippen molar-refractivity contribution in [1.82, 2.24) is 9.13 Å². The number of fused-ring (bicyclic) bond motifs is 14. The van der Waals surface area contributed by atoms with E-state index in [1.807, 2.05) is 11.8 Å². The standard InChI is InChI=1S/C102H64B2N4OS/c1-7-29-65(30-8-1)71-53-55-83-91(57-71)107(101-75(67-33-11-3-12-34-67)45-27-46-76(101)68-35-13-4-14-36-68)93-59-73(105-87-49-23-19-41-79(87)80-42-20-24-50-88(80)105)61-96-99(93)103(83)85-63-86-97(64-95(85)109-96)110-98-62-74(106-89-51-25-21-43-81(89)82-44-22-26-52-90(82)106)60-94-100(98)104(86)84-56-54-72(66-31-9-2-10-32-66)58-92(84)108(94)102-77(69-37-15-5-16-38-69)47-28-48-78(102)70-39-17-6-18-40-70/h1-64H. The molecule has 4 aliphatic rings. The van der Waals surface area contributed by atoms with Crippen LogP contribution in [0.2, 0.25) is 0 Å². The van der Waals surface area contributed by atoms with Crippen LogP contribution in [0.1, 0.15) is 0 Å². The van der Waals surface area contributed by atoms with Crippen molar-refractivity contribution in [3.8, 4) is 89.6 Å². The molecular formula is C102H64B2N4OS. The molecule has 0 aliphatic carbocycles. The first-order valence-corrected chi connectivity index (χ1v) is 38.8. The molecule has 0 radical (unpaired) electrons. The van der Waals surface area contributed by atoms with Crippen LogP contribution in [0.4, 0.5) is 34.1 Å². The predicted octanol–water partition coefficient (Wildman–Crippen LogP) is 23.1. The third kappa shape index (κ3) is 9.59. The quantitative estimate of drug-likeness (QED) is 0.127. The Morgan fingerprint density at radius 2 is 0.582 bits per heavy atom. The van der Waals surface area contributed by atoms with Gasteiger partial charge in [-0.25, -0.2) is 0 Å². The van der Waals surface area contributed by atoms with Gasteiger partial charge in [0.1, 0.15) is 11.5 Å². The zero-order valence-corrected chi connectivity index (χ0v) is 60.5. The summed E-state index contributed by atoms with van der Waals surface area (Å²) in [7, 11) is 0. The van der Waals surface area contributed by atoms with Gasteiger partial charge in [-0.05, 0) is 132 Å². The Morgan fingerprint density at radius 3 is 0.991 bits per heavy atom. The first-order valence-electron chi connectivity index (χ1n) is 37.9. The van der Waals surface area contributed by atoms with Gasteiger partial charge < -0.3 is 23.7 Å². The van der Waals surface area contributed by atoms with E-state index < -0.39 is 0 Å². The number of ether oxygens (including phenoxy) is 1. The van der Waals surface area contributed by atoms with E-state index in [4.69, 9.17) is 4.74 Å². The summed E-state index contributed by atoms with van der Waals surface area (Å²) in [5.74, 6) is 1.68. The molecule has 0 atom stereocenters. The van der Waals surface area contributed by atoms with Crippen LogP contribution < -0.4 is 47.3 Å². The molecule has 5 nitrogen and oxygen atoms in total. The molecule has 510 valence electrons. The van der Waals surface area contributed by atoms with E-state index in [0.717, 1.165) is 162 Å². The monoisotopic (exact) mass is 1410 g/mol. The van der Waals surface area contributed by atoms with Gasteiger partial charge in [0.15, 0.2) is 0 Å². The second-order valence-electron chi connectivity index (χ2n) is 29.3. The van der Waals surface area contributed by atoms with Crippen LogP contribution in [0.15, 0.2) is 398 Å². The number of rotatable bonds is 10. The van der Waals surface area contributed by atoms with E-state index in [1.54, 1.807) is 0 Å². The summed E-state index contributed by atoms with van der Waals surface area (Å²) < 4.78 is 13.0. The van der Waals surface area contributed by atoms with Gasteiger partial charge in [-0.1, -0.05) is 339 Å². The lowest BCUT2D eigenvalue weighted by Gasteiger charge is -2.44. The molecular weight excluding hydrogens is 1350 g/mol. The van der Waals surface area contributed by atoms with Crippen LogP contribution in [0.5, 0.6) is 11.5 Å². The minimum Gasteiger partial charge on any atom is -0.458 e. The smallest absolute Gasteiger partial charge is 0.256 e. The molecule has 17 aromatic carbocycles. The predicted molar refractivity (Wildman–Crippen MR) is 463 cm³/mol. The molecule has 4 aliphatic heterocycles. The molecule has 19 aromatic rings. The maximum absolute atomic E-state index is 8.00. The third-order valence-electron chi connectivity index (χ3n) is 23.4. The van der Waals surface area contributed by atoms with Crippen molar-refractivity contribution in [2.75, 3.05) is 9.80 Å². The van der Waals surface area contributed by atoms with Crippen LogP contribution >= 0.6 is 11.8 Å². The number of anilines is 6. The maximum atomic E-state index is 8.00. The van der Waals surface area contributed by atoms with E-state index >= 15 is 0 Å². The lowest BCUT2D eigenvalue weighted by Crippen LogP contribution is -2.63. The summed E-state index contributed by atoms with van der Waals surface area (Å²) in [4.78, 5) is 7.64. The molecule has 0 bridgehead atoms. The summed E-state index contributed by atoms with van der Waals surface area (Å²) in [6.07, 6.45) is 0. The Hall–Kier alpha value is -13.8. The minimum atomic E-state index is -0.281. The second-order valence-corrected chi connectivity index (χ2v) is 30.4. The van der Waals surface area contributed by atoms with Crippen molar-refractivity contribution in [3.63, 3.8) is 0 Å². The average Bonchev–Trinajstić information content (AvgIpc) is 0.728. The van der Waals surface area contributed by atoms with Crippen LogP contribution in [-0.2, 0) is 0 Å². The van der Waals surface area contributed by atoms with Crippen LogP contribution in [-0.4, -0.2) is 22.6 Å². The molecule has 23 rings (SSSR count). The second kappa shape index (κ2) is 24.9. The fourth-order valence-electron chi connectivity index (χ4n) is 18.7. The Morgan fingerprint density at radius 1 is 0.227 bits per heavy atom. The van der Waals surface area contributed by atoms with Crippen molar-refractivity contribution >= 4 is 136 Å². The van der Waals surface area contributed by atoms with Gasteiger partial charge >= 0.3 is 0 Å². The number of hydrogen-bond donors (Lipinski definition) is 0. The zero-order chi connectivity index (χ0) is 72.1. The lowest BCUT2D eigenvalue weighted by atomic mass is 9.31. The van der Waals surface area contributed by atoms with Crippen molar-refractivity contribution in [1.29, 1.82) is 0 Å². The van der Waals surface area contributed by atoms with Crippen LogP contribution in [0, 0.1) is 0 Å². The number of aromatic nitrogens is 2. The molecule has 0 unspecified atom stereocenters. The highest BCUT2D eigenvalue weighted by molar-refractivity contribution is 8.00. The topological polar surface area (TPSA) is 25.6 Å². The molecule has 0 spiro atoms. The van der Waals surface area contributed by atoms with Crippen molar-refractivity contribution in [2.24, 2.45) is 0 Å². The van der Waals surface area contributed by atoms with Gasteiger partial charge in [-0.2, -0.15) is 0 Å². The Kier molecular flexibility index (Phi) is 14.1. The number of benzene rings is 17. The Labute approximate surface area is 642 Å². The molecule has 0 saturated heterocycles. The third-order valence-corrected chi connectivity index (χ3v) is 24.5. The number of hydrogen-bond acceptors (Lipinski definition) is 4. The molecule has 0 fully saturated rings. The van der Waals surface area contributed by atoms with Crippen molar-refractivity contribution < 1.29 is 4.74 Å². The SMILES string of the molecule is c1ccc(-c2ccc3c(c2)N(c2c(-c4ccccc4)cccc2-c2ccccc2)c2cc(-n4c5ccccc5c5ccccc54)cc4c2B3c2cc3c(cc2O4)Sc2cc(-n4c5ccccc5c5ccccc54)cc4c2B3c2ccc(-c3ccccc3)cc2N4c2c(-c3ccccc3)cccc2-c2ccccc2)cc1. The molecule has 2 aromatic heterocycles. The molecule has 0 saturated carbocycles. The van der Waals surface area contributed by atoms with E-state index in [1.165, 1.54) is 48.3 Å². The highest BCUT2D eigenvalue weighted by Crippen LogP contribution is 2.54. The number of para-hydroxylation sites is 6. The van der Waals surface area contributed by atoms with Crippen LogP contribution in [0.3, 0.4) is 0 Å². The van der Waals surface area contributed by atoms with Gasteiger partial charge in [0, 0.05) is 88.1 Å². The van der Waals surface area contributed by atoms with Crippen molar-refractivity contribution in [3.05, 3.63) is 388 Å². The van der Waals surface area contributed by atoms with Gasteiger partial charge in [0.05, 0.1) is 39.1 Å². The molecule has 8 heteroatoms. The van der Waals surface area contributed by atoms with E-state index in [0.29, 0.717) is 0 Å². The molecule has 110 heavy (non-hydrogen) atoms. The fourth-order valence-corrected chi connectivity index (χ4v) is 19.9. The number of nitrogens with zero attached hydrogens (tertiary/aromatic N) is 4. The van der Waals surface area contributed by atoms with Crippen molar-refractivity contribution in [2.45, 2.75) is 9.79 Å². The van der Waals surface area contributed by atoms with Gasteiger partial charge in [-0.15, -0.1) is 0 Å². The normalized spacial score (nSPS) is 12.9. The summed E-state index contributed by atoms with van der Waals surface area (Å²) in [6.45, 7) is -0.505. The van der Waals surface area contributed by atoms with Gasteiger partial charge in [0.2, 0.25) is 6.71 Å². The first-order chi connectivity index (χ1) is 54.6. The average molecular weight is 1420 g/mol. The largest absolute Gasteiger partial charge is 0.458 e. The summed E-state index contributed by atoms with van der Waals surface area (Å²) in [5, 5.41) is 4.83. The van der Waals surface area contributed by atoms with Crippen LogP contribution in [0.25, 0.3) is 122 Å². The summed E-state index contributed by atoms with van der Waals surface area (Å²) in [5.41, 5.74) is 34.2. The Balaban J connectivity index is 0.824. The minimum absolute atomic E-state index is 0.223. The maximum Gasteiger partial charge on any atom is 0.256 e. The van der Waals surface area contributed by atoms with E-state index in [9.17, 15) is 0 Å². The molecule has 0 N–H and O–H groups in total. The highest BCUT2D eigenvalue weighted by Gasteiger charge is 2.48. The Bertz CT molecular complexity index is 6350. The summed E-state index contributed by atoms with van der Waals surface area (Å²) in [6, 6.07) is 145. The van der Waals surface area contributed by atoms with Gasteiger partial charge in [-0.3, -0.25) is 0 Å². The highest BCUT2D eigenvalue weighted by atomic mass is 32.2. The first kappa shape index (κ1) is 62.4. The molecule has 0 amide bonds. The zero-order valence-electron chi connectivity index (χ0n) is 59.7. The van der Waals surface area contributed by atoms with E-state index in [-0.39, 0.29) is 13.4 Å². The summed E-state index contributed by atoms with van der Waals surface area (Å²) >= 11 is 1.88. The lowest BCUT2D eigenvalue weighted by molar-refractivity contribution is 0.486. The fraction of sp³-hybridized carbons (Fsp3) is 0. The van der Waals surface area contributed by atoms with Gasteiger partial charge in [0.25, 0.3) is 6.71 Å².